The summed E-state index contributed by atoms with van der Waals surface area (Å²) in [4.78, 5) is 12.0. The molecule has 4 heteroatoms. The van der Waals surface area contributed by atoms with Crippen molar-refractivity contribution in [3.05, 3.63) is 30.3 Å². The molecule has 0 heterocycles. The van der Waals surface area contributed by atoms with Crippen molar-refractivity contribution in [3.63, 3.8) is 0 Å². The fourth-order valence-electron chi connectivity index (χ4n) is 1.33. The van der Waals surface area contributed by atoms with Gasteiger partial charge in [-0.25, -0.2) is 4.79 Å². The first-order valence-corrected chi connectivity index (χ1v) is 6.15. The second kappa shape index (κ2) is 4.78. The fourth-order valence-corrected chi connectivity index (χ4v) is 2.47. The van der Waals surface area contributed by atoms with Gasteiger partial charge in [0.25, 0.3) is 0 Å². The van der Waals surface area contributed by atoms with Gasteiger partial charge in [0.05, 0.1) is 6.61 Å². The predicted molar refractivity (Wildman–Crippen MR) is 62.4 cm³/mol. The smallest absolute Gasteiger partial charge is 0.435 e. The van der Waals surface area contributed by atoms with E-state index >= 15 is 0 Å². The first-order chi connectivity index (χ1) is 7.74. The molecular formula is C12H14O3S. The molecule has 0 saturated heterocycles. The second-order valence-electron chi connectivity index (χ2n) is 3.61. The largest absolute Gasteiger partial charge is 0.509 e. The van der Waals surface area contributed by atoms with Crippen LogP contribution >= 0.6 is 11.8 Å². The Balaban J connectivity index is 1.92. The quantitative estimate of drug-likeness (QED) is 0.594. The molecule has 2 rings (SSSR count). The summed E-state index contributed by atoms with van der Waals surface area (Å²) in [6.45, 7) is 2.12. The summed E-state index contributed by atoms with van der Waals surface area (Å²) < 4.78 is 10.1. The predicted octanol–water partition coefficient (Wildman–Crippen LogP) is 3.44. The highest BCUT2D eigenvalue weighted by atomic mass is 32.2. The van der Waals surface area contributed by atoms with Gasteiger partial charge in [-0.1, -0.05) is 30.0 Å². The third kappa shape index (κ3) is 2.92. The average Bonchev–Trinajstić information content (AvgIpc) is 2.99. The highest BCUT2D eigenvalue weighted by Crippen LogP contribution is 2.52. The van der Waals surface area contributed by atoms with E-state index in [2.05, 4.69) is 0 Å². The van der Waals surface area contributed by atoms with Gasteiger partial charge in [-0.15, -0.1) is 0 Å². The molecule has 1 aromatic rings. The lowest BCUT2D eigenvalue weighted by molar-refractivity contribution is 0.0447. The number of benzene rings is 1. The number of hydrogen-bond acceptors (Lipinski definition) is 4. The third-order valence-electron chi connectivity index (χ3n) is 2.24. The Morgan fingerprint density at radius 1 is 1.38 bits per heavy atom. The van der Waals surface area contributed by atoms with Gasteiger partial charge in [0.1, 0.15) is 0 Å². The molecule has 0 spiro atoms. The lowest BCUT2D eigenvalue weighted by Crippen LogP contribution is -2.16. The highest BCUT2D eigenvalue weighted by Gasteiger charge is 2.48. The van der Waals surface area contributed by atoms with Crippen LogP contribution in [0, 0.1) is 0 Å². The summed E-state index contributed by atoms with van der Waals surface area (Å²) in [5.41, 5.74) is 0. The maximum Gasteiger partial charge on any atom is 0.509 e. The van der Waals surface area contributed by atoms with Crippen LogP contribution in [-0.4, -0.2) is 17.7 Å². The van der Waals surface area contributed by atoms with Gasteiger partial charge in [0.15, 0.2) is 4.93 Å². The molecule has 0 aliphatic heterocycles. The molecule has 16 heavy (non-hydrogen) atoms. The van der Waals surface area contributed by atoms with E-state index in [9.17, 15) is 4.79 Å². The molecule has 0 aromatic heterocycles. The molecule has 1 aliphatic carbocycles. The minimum absolute atomic E-state index is 0.352. The Morgan fingerprint density at radius 3 is 2.62 bits per heavy atom. The molecule has 0 N–H and O–H groups in total. The van der Waals surface area contributed by atoms with Crippen LogP contribution in [-0.2, 0) is 9.47 Å². The van der Waals surface area contributed by atoms with Crippen molar-refractivity contribution in [1.29, 1.82) is 0 Å². The lowest BCUT2D eigenvalue weighted by atomic mass is 10.4. The highest BCUT2D eigenvalue weighted by molar-refractivity contribution is 8.00. The van der Waals surface area contributed by atoms with Crippen molar-refractivity contribution in [2.24, 2.45) is 0 Å². The number of ether oxygens (including phenoxy) is 2. The molecule has 0 atom stereocenters. The zero-order valence-corrected chi connectivity index (χ0v) is 9.96. The molecule has 86 valence electrons. The van der Waals surface area contributed by atoms with Crippen molar-refractivity contribution in [2.75, 3.05) is 6.61 Å². The molecule has 1 aliphatic rings. The monoisotopic (exact) mass is 238 g/mol. The van der Waals surface area contributed by atoms with Crippen molar-refractivity contribution < 1.29 is 14.3 Å². The van der Waals surface area contributed by atoms with Crippen LogP contribution in [0.1, 0.15) is 19.8 Å². The summed E-state index contributed by atoms with van der Waals surface area (Å²) in [5, 5.41) is 0. The van der Waals surface area contributed by atoms with Crippen molar-refractivity contribution in [2.45, 2.75) is 29.6 Å². The van der Waals surface area contributed by atoms with E-state index < -0.39 is 6.16 Å². The van der Waals surface area contributed by atoms with Gasteiger partial charge in [-0.3, -0.25) is 0 Å². The van der Waals surface area contributed by atoms with Crippen LogP contribution in [0.5, 0.6) is 0 Å². The maximum absolute atomic E-state index is 11.2. The Kier molecular flexibility index (Phi) is 3.39. The zero-order valence-electron chi connectivity index (χ0n) is 9.14. The molecule has 0 radical (unpaired) electrons. The minimum atomic E-state index is -0.566. The number of carbonyl (C=O) groups is 1. The van der Waals surface area contributed by atoms with E-state index in [4.69, 9.17) is 9.47 Å². The SMILES string of the molecule is CCOC(=O)OC1(Sc2ccccc2)CC1. The zero-order chi connectivity index (χ0) is 11.4. The summed E-state index contributed by atoms with van der Waals surface area (Å²) in [7, 11) is 0. The Hall–Kier alpha value is -1.16. The van der Waals surface area contributed by atoms with Crippen LogP contribution in [0.25, 0.3) is 0 Å². The van der Waals surface area contributed by atoms with Crippen LogP contribution in [0.4, 0.5) is 4.79 Å². The van der Waals surface area contributed by atoms with E-state index in [1.165, 1.54) is 0 Å². The number of hydrogen-bond donors (Lipinski definition) is 0. The molecule has 3 nitrogen and oxygen atoms in total. The van der Waals surface area contributed by atoms with Crippen molar-refractivity contribution in [1.82, 2.24) is 0 Å². The Bertz CT molecular complexity index is 360. The van der Waals surface area contributed by atoms with E-state index in [-0.39, 0.29) is 4.93 Å². The summed E-state index contributed by atoms with van der Waals surface area (Å²) >= 11 is 1.59. The average molecular weight is 238 g/mol. The van der Waals surface area contributed by atoms with E-state index in [0.717, 1.165) is 17.7 Å². The molecule has 1 saturated carbocycles. The number of thioether (sulfide) groups is 1. The first-order valence-electron chi connectivity index (χ1n) is 5.34. The van der Waals surface area contributed by atoms with Gasteiger partial charge in [0.2, 0.25) is 0 Å². The van der Waals surface area contributed by atoms with Crippen molar-refractivity contribution >= 4 is 17.9 Å². The van der Waals surface area contributed by atoms with Gasteiger partial charge >= 0.3 is 6.16 Å². The summed E-state index contributed by atoms with van der Waals surface area (Å²) in [6, 6.07) is 9.94. The standard InChI is InChI=1S/C12H14O3S/c1-2-14-11(13)15-12(8-9-12)16-10-6-4-3-5-7-10/h3-7H,2,8-9H2,1H3. The van der Waals surface area contributed by atoms with E-state index in [1.54, 1.807) is 18.7 Å². The topological polar surface area (TPSA) is 35.5 Å². The molecule has 0 amide bonds. The summed E-state index contributed by atoms with van der Waals surface area (Å²) in [5.74, 6) is 0. The van der Waals surface area contributed by atoms with Gasteiger partial charge < -0.3 is 9.47 Å². The molecule has 0 bridgehead atoms. The third-order valence-corrected chi connectivity index (χ3v) is 3.61. The minimum Gasteiger partial charge on any atom is -0.435 e. The second-order valence-corrected chi connectivity index (χ2v) is 5.03. The Morgan fingerprint density at radius 2 is 2.06 bits per heavy atom. The molecule has 1 aromatic carbocycles. The van der Waals surface area contributed by atoms with Crippen LogP contribution in [0.2, 0.25) is 0 Å². The van der Waals surface area contributed by atoms with Gasteiger partial charge in [-0.2, -0.15) is 0 Å². The lowest BCUT2D eigenvalue weighted by Gasteiger charge is -2.15. The van der Waals surface area contributed by atoms with Crippen LogP contribution < -0.4 is 0 Å². The van der Waals surface area contributed by atoms with Crippen LogP contribution in [0.15, 0.2) is 35.2 Å². The van der Waals surface area contributed by atoms with Crippen molar-refractivity contribution in [3.8, 4) is 0 Å². The molecular weight excluding hydrogens is 224 g/mol. The fraction of sp³-hybridized carbons (Fsp3) is 0.417. The normalized spacial score (nSPS) is 16.6. The van der Waals surface area contributed by atoms with Crippen LogP contribution in [0.3, 0.4) is 0 Å². The van der Waals surface area contributed by atoms with Gasteiger partial charge in [-0.05, 0) is 19.1 Å². The van der Waals surface area contributed by atoms with Gasteiger partial charge in [0, 0.05) is 17.7 Å². The molecule has 1 fully saturated rings. The number of rotatable bonds is 4. The van der Waals surface area contributed by atoms with E-state index in [1.807, 2.05) is 30.3 Å². The maximum atomic E-state index is 11.2. The Labute approximate surface area is 99.1 Å². The number of carbonyl (C=O) groups excluding carboxylic acids is 1. The van der Waals surface area contributed by atoms with E-state index in [0.29, 0.717) is 6.61 Å². The molecule has 0 unspecified atom stereocenters. The first kappa shape index (κ1) is 11.3. The summed E-state index contributed by atoms with van der Waals surface area (Å²) in [6.07, 6.45) is 1.22.